The molecule has 0 bridgehead atoms. The fraction of sp³-hybridized carbons (Fsp3) is 0.750. The fourth-order valence-electron chi connectivity index (χ4n) is 2.70. The molecule has 1 heterocycles. The number of halogens is 3. The summed E-state index contributed by atoms with van der Waals surface area (Å²) in [4.78, 5) is 10.9. The first-order chi connectivity index (χ1) is 8.88. The average Bonchev–Trinajstić information content (AvgIpc) is 2.74. The molecule has 4 nitrogen and oxygen atoms in total. The van der Waals surface area contributed by atoms with Gasteiger partial charge < -0.3 is 10.1 Å². The van der Waals surface area contributed by atoms with Gasteiger partial charge in [0.15, 0.2) is 6.04 Å². The maximum absolute atomic E-state index is 12.7. The van der Waals surface area contributed by atoms with Crippen LogP contribution in [0.5, 0.6) is 0 Å². The first-order valence-electron chi connectivity index (χ1n) is 6.42. The number of nitrogens with zero attached hydrogens (tertiary/aromatic N) is 1. The number of hydrogen-bond donors (Lipinski definition) is 2. The van der Waals surface area contributed by atoms with Gasteiger partial charge in [0.05, 0.1) is 5.57 Å². The Kier molecular flexibility index (Phi) is 4.03. The van der Waals surface area contributed by atoms with Gasteiger partial charge in [0.2, 0.25) is 0 Å². The maximum atomic E-state index is 12.7. The van der Waals surface area contributed by atoms with Crippen molar-refractivity contribution in [2.75, 3.05) is 6.54 Å². The quantitative estimate of drug-likeness (QED) is 0.831. The van der Waals surface area contributed by atoms with E-state index in [0.29, 0.717) is 12.5 Å². The van der Waals surface area contributed by atoms with E-state index in [1.165, 1.54) is 11.4 Å². The van der Waals surface area contributed by atoms with Gasteiger partial charge in [0.1, 0.15) is 0 Å². The Hall–Kier alpha value is -1.24. The molecule has 1 saturated carbocycles. The van der Waals surface area contributed by atoms with Gasteiger partial charge in [-0.15, -0.1) is 0 Å². The second-order valence-corrected chi connectivity index (χ2v) is 5.15. The van der Waals surface area contributed by atoms with Crippen molar-refractivity contribution in [1.29, 1.82) is 0 Å². The highest BCUT2D eigenvalue weighted by Gasteiger charge is 2.48. The van der Waals surface area contributed by atoms with Crippen molar-refractivity contribution >= 4 is 5.97 Å². The van der Waals surface area contributed by atoms with Crippen LogP contribution in [0.1, 0.15) is 32.1 Å². The highest BCUT2D eigenvalue weighted by molar-refractivity contribution is 5.88. The van der Waals surface area contributed by atoms with Gasteiger partial charge in [-0.25, -0.2) is 10.2 Å². The number of carbonyl (C=O) groups is 1. The lowest BCUT2D eigenvalue weighted by molar-refractivity contribution is -0.158. The van der Waals surface area contributed by atoms with Crippen molar-refractivity contribution < 1.29 is 23.1 Å². The molecule has 1 aliphatic carbocycles. The molecule has 7 heteroatoms. The van der Waals surface area contributed by atoms with Gasteiger partial charge in [-0.3, -0.25) is 0 Å². The number of rotatable bonds is 3. The number of nitrogens with one attached hydrogen (secondary N) is 1. The topological polar surface area (TPSA) is 52.6 Å². The van der Waals surface area contributed by atoms with Crippen molar-refractivity contribution in [3.05, 3.63) is 11.8 Å². The highest BCUT2D eigenvalue weighted by atomic mass is 19.4. The lowest BCUT2D eigenvalue weighted by Gasteiger charge is -2.28. The maximum Gasteiger partial charge on any atom is 0.409 e. The van der Waals surface area contributed by atoms with Crippen LogP contribution in [0.2, 0.25) is 0 Å². The number of hydrazine groups is 1. The first-order valence-corrected chi connectivity index (χ1v) is 6.42. The summed E-state index contributed by atoms with van der Waals surface area (Å²) in [6.45, 7) is 0.434. The minimum absolute atomic E-state index is 0.333. The Morgan fingerprint density at radius 3 is 2.47 bits per heavy atom. The van der Waals surface area contributed by atoms with E-state index in [4.69, 9.17) is 5.11 Å². The summed E-state index contributed by atoms with van der Waals surface area (Å²) in [6, 6.07) is -2.10. The molecule has 0 amide bonds. The number of alkyl halides is 3. The van der Waals surface area contributed by atoms with Crippen molar-refractivity contribution in [2.45, 2.75) is 44.3 Å². The summed E-state index contributed by atoms with van der Waals surface area (Å²) in [7, 11) is 0. The van der Waals surface area contributed by atoms with E-state index < -0.39 is 23.8 Å². The van der Waals surface area contributed by atoms with E-state index in [2.05, 4.69) is 5.43 Å². The van der Waals surface area contributed by atoms with Crippen LogP contribution in [0.15, 0.2) is 11.8 Å². The molecule has 108 valence electrons. The zero-order chi connectivity index (χ0) is 14.0. The van der Waals surface area contributed by atoms with E-state index in [1.807, 2.05) is 0 Å². The van der Waals surface area contributed by atoms with Gasteiger partial charge in [0, 0.05) is 12.7 Å². The van der Waals surface area contributed by atoms with Gasteiger partial charge >= 0.3 is 12.1 Å². The van der Waals surface area contributed by atoms with E-state index in [0.717, 1.165) is 31.9 Å². The Morgan fingerprint density at radius 2 is 2.00 bits per heavy atom. The molecule has 2 aliphatic rings. The number of carboxylic acids is 1. The van der Waals surface area contributed by atoms with Crippen LogP contribution in [-0.2, 0) is 4.79 Å². The van der Waals surface area contributed by atoms with Crippen molar-refractivity contribution in [2.24, 2.45) is 5.92 Å². The third-order valence-electron chi connectivity index (χ3n) is 3.65. The predicted molar refractivity (Wildman–Crippen MR) is 62.0 cm³/mol. The lowest BCUT2D eigenvalue weighted by atomic mass is 9.89. The fourth-order valence-corrected chi connectivity index (χ4v) is 2.70. The van der Waals surface area contributed by atoms with E-state index in [-0.39, 0.29) is 0 Å². The van der Waals surface area contributed by atoms with Crippen molar-refractivity contribution in [3.8, 4) is 0 Å². The van der Waals surface area contributed by atoms with Gasteiger partial charge in [-0.05, 0) is 18.8 Å². The molecule has 0 aromatic heterocycles. The van der Waals surface area contributed by atoms with Crippen LogP contribution in [0.3, 0.4) is 0 Å². The molecular weight excluding hydrogens is 261 g/mol. The summed E-state index contributed by atoms with van der Waals surface area (Å²) in [5.41, 5.74) is 1.61. The molecule has 1 aliphatic heterocycles. The minimum Gasteiger partial charge on any atom is -0.478 e. The molecular formula is C12H17F3N2O2. The summed E-state index contributed by atoms with van der Waals surface area (Å²) in [5.74, 6) is -1.19. The number of carboxylic acid groups (broad SMARTS) is 1. The molecule has 0 spiro atoms. The number of hydrogen-bond acceptors (Lipinski definition) is 3. The van der Waals surface area contributed by atoms with Crippen LogP contribution < -0.4 is 5.43 Å². The minimum atomic E-state index is -4.59. The summed E-state index contributed by atoms with van der Waals surface area (Å²) < 4.78 is 38.2. The lowest BCUT2D eigenvalue weighted by Crippen LogP contribution is -2.47. The average molecular weight is 278 g/mol. The smallest absolute Gasteiger partial charge is 0.409 e. The van der Waals surface area contributed by atoms with Crippen molar-refractivity contribution in [3.63, 3.8) is 0 Å². The molecule has 1 fully saturated rings. The van der Waals surface area contributed by atoms with Crippen molar-refractivity contribution in [1.82, 2.24) is 10.4 Å². The van der Waals surface area contributed by atoms with Crippen LogP contribution in [-0.4, -0.2) is 34.8 Å². The Labute approximate surface area is 109 Å². The summed E-state index contributed by atoms with van der Waals surface area (Å²) in [5, 5.41) is 10.1. The van der Waals surface area contributed by atoms with E-state index in [1.54, 1.807) is 0 Å². The SMILES string of the molecule is O=C(O)C1=CN(CC2CCCCC2)NC1C(F)(F)F. The van der Waals surface area contributed by atoms with Crippen LogP contribution >= 0.6 is 0 Å². The predicted octanol–water partition coefficient (Wildman–Crippen LogP) is 2.29. The number of aliphatic carboxylic acids is 1. The van der Waals surface area contributed by atoms with Crippen LogP contribution in [0.25, 0.3) is 0 Å². The Morgan fingerprint density at radius 1 is 1.37 bits per heavy atom. The zero-order valence-electron chi connectivity index (χ0n) is 10.4. The van der Waals surface area contributed by atoms with Gasteiger partial charge in [-0.2, -0.15) is 13.2 Å². The molecule has 1 unspecified atom stereocenters. The molecule has 0 saturated heterocycles. The summed E-state index contributed by atoms with van der Waals surface area (Å²) >= 11 is 0. The molecule has 0 aromatic rings. The third kappa shape index (κ3) is 3.40. The zero-order valence-corrected chi connectivity index (χ0v) is 10.4. The second-order valence-electron chi connectivity index (χ2n) is 5.15. The molecule has 1 atom stereocenters. The molecule has 2 N–H and O–H groups in total. The second kappa shape index (κ2) is 5.40. The largest absolute Gasteiger partial charge is 0.478 e. The Balaban J connectivity index is 2.02. The standard InChI is InChI=1S/C12H17F3N2O2/c13-12(14,15)10-9(11(18)19)7-17(16-10)6-8-4-2-1-3-5-8/h7-8,10,16H,1-6H2,(H,18,19). The van der Waals surface area contributed by atoms with Gasteiger partial charge in [-0.1, -0.05) is 19.3 Å². The van der Waals surface area contributed by atoms with Crippen LogP contribution in [0, 0.1) is 5.92 Å². The third-order valence-corrected chi connectivity index (χ3v) is 3.65. The first kappa shape index (κ1) is 14.2. The monoisotopic (exact) mass is 278 g/mol. The summed E-state index contributed by atoms with van der Waals surface area (Å²) in [6.07, 6.45) is 1.83. The Bertz CT molecular complexity index is 376. The van der Waals surface area contributed by atoms with Crippen LogP contribution in [0.4, 0.5) is 13.2 Å². The normalized spacial score (nSPS) is 25.5. The van der Waals surface area contributed by atoms with E-state index in [9.17, 15) is 18.0 Å². The van der Waals surface area contributed by atoms with Gasteiger partial charge in [0.25, 0.3) is 0 Å². The van der Waals surface area contributed by atoms with E-state index >= 15 is 0 Å². The molecule has 0 aromatic carbocycles. The molecule has 0 radical (unpaired) electrons. The highest BCUT2D eigenvalue weighted by Crippen LogP contribution is 2.31. The molecule has 19 heavy (non-hydrogen) atoms. The molecule has 2 rings (SSSR count).